The minimum absolute atomic E-state index is 0.0329. The average Bonchev–Trinajstić information content (AvgIpc) is 3.29. The number of nitrogens with zero attached hydrogens (tertiary/aromatic N) is 3. The number of amides is 1. The van der Waals surface area contributed by atoms with E-state index < -0.39 is 5.82 Å². The van der Waals surface area contributed by atoms with E-state index in [-0.39, 0.29) is 24.1 Å². The van der Waals surface area contributed by atoms with Crippen LogP contribution in [0.3, 0.4) is 0 Å². The number of para-hydroxylation sites is 1. The van der Waals surface area contributed by atoms with Crippen molar-refractivity contribution in [1.29, 1.82) is 0 Å². The highest BCUT2D eigenvalue weighted by Gasteiger charge is 2.14. The van der Waals surface area contributed by atoms with Gasteiger partial charge in [-0.1, -0.05) is 24.3 Å². The zero-order valence-corrected chi connectivity index (χ0v) is 16.0. The number of fused-ring (bicyclic) bond motifs is 1. The monoisotopic (exact) mass is 414 g/mol. The van der Waals surface area contributed by atoms with Crippen LogP contribution in [0.1, 0.15) is 5.69 Å². The van der Waals surface area contributed by atoms with E-state index in [1.807, 2.05) is 5.38 Å². The van der Waals surface area contributed by atoms with Gasteiger partial charge in [0.15, 0.2) is 24.0 Å². The Kier molecular flexibility index (Phi) is 5.48. The van der Waals surface area contributed by atoms with Gasteiger partial charge in [-0.25, -0.2) is 13.3 Å². The number of thiazole rings is 1. The van der Waals surface area contributed by atoms with E-state index in [2.05, 4.69) is 15.4 Å². The van der Waals surface area contributed by atoms with Crippen molar-refractivity contribution in [2.24, 2.45) is 0 Å². The molecule has 29 heavy (non-hydrogen) atoms. The number of halogens is 2. The third kappa shape index (κ3) is 4.24. The van der Waals surface area contributed by atoms with Crippen molar-refractivity contribution in [3.8, 4) is 17.1 Å². The molecule has 9 heteroatoms. The lowest BCUT2D eigenvalue weighted by Crippen LogP contribution is -2.30. The Morgan fingerprint density at radius 1 is 1.10 bits per heavy atom. The molecule has 0 saturated heterocycles. The van der Waals surface area contributed by atoms with Gasteiger partial charge in [-0.2, -0.15) is 4.98 Å². The number of hydrogen-bond acceptors (Lipinski definition) is 5. The number of carbonyl (C=O) groups excluding carboxylic acids is 1. The smallest absolute Gasteiger partial charge is 0.257 e. The van der Waals surface area contributed by atoms with Gasteiger partial charge in [0.1, 0.15) is 5.82 Å². The number of nitrogens with one attached hydrogen (secondary N) is 1. The molecule has 0 bridgehead atoms. The molecule has 0 unspecified atom stereocenters. The van der Waals surface area contributed by atoms with Crippen LogP contribution in [-0.2, 0) is 11.2 Å². The summed E-state index contributed by atoms with van der Waals surface area (Å²) < 4.78 is 34.3. The van der Waals surface area contributed by atoms with Crippen LogP contribution in [0.5, 0.6) is 5.75 Å². The van der Waals surface area contributed by atoms with Crippen LogP contribution < -0.4 is 10.1 Å². The van der Waals surface area contributed by atoms with Gasteiger partial charge >= 0.3 is 0 Å². The van der Waals surface area contributed by atoms with E-state index >= 15 is 0 Å². The predicted octanol–water partition coefficient (Wildman–Crippen LogP) is 3.47. The van der Waals surface area contributed by atoms with Gasteiger partial charge in [-0.05, 0) is 24.3 Å². The first-order valence-corrected chi connectivity index (χ1v) is 9.72. The molecule has 1 amide bonds. The molecule has 0 aliphatic heterocycles. The summed E-state index contributed by atoms with van der Waals surface area (Å²) in [5.41, 5.74) is 1.18. The average molecular weight is 414 g/mol. The molecule has 0 atom stereocenters. The first-order valence-electron chi connectivity index (χ1n) is 8.84. The van der Waals surface area contributed by atoms with E-state index in [0.717, 1.165) is 5.69 Å². The number of ether oxygens (including phenoxy) is 1. The van der Waals surface area contributed by atoms with Crippen molar-refractivity contribution >= 4 is 22.2 Å². The highest BCUT2D eigenvalue weighted by Crippen LogP contribution is 2.23. The Morgan fingerprint density at radius 2 is 1.86 bits per heavy atom. The fourth-order valence-corrected chi connectivity index (χ4v) is 3.60. The summed E-state index contributed by atoms with van der Waals surface area (Å²) in [4.78, 5) is 16.9. The Labute approximate surface area is 168 Å². The van der Waals surface area contributed by atoms with Crippen LogP contribution in [0.2, 0.25) is 0 Å². The van der Waals surface area contributed by atoms with E-state index in [1.54, 1.807) is 34.8 Å². The largest absolute Gasteiger partial charge is 0.481 e. The van der Waals surface area contributed by atoms with Gasteiger partial charge in [0.05, 0.1) is 11.3 Å². The zero-order valence-electron chi connectivity index (χ0n) is 15.1. The lowest BCUT2D eigenvalue weighted by molar-refractivity contribution is -0.123. The predicted molar refractivity (Wildman–Crippen MR) is 105 cm³/mol. The Morgan fingerprint density at radius 3 is 2.66 bits per heavy atom. The van der Waals surface area contributed by atoms with Gasteiger partial charge in [0, 0.05) is 18.3 Å². The number of aromatic nitrogens is 3. The quantitative estimate of drug-likeness (QED) is 0.503. The third-order valence-electron chi connectivity index (χ3n) is 4.16. The second kappa shape index (κ2) is 8.36. The maximum atomic E-state index is 14.0. The summed E-state index contributed by atoms with van der Waals surface area (Å²) in [6, 6.07) is 12.2. The fourth-order valence-electron chi connectivity index (χ4n) is 2.74. The van der Waals surface area contributed by atoms with Crippen LogP contribution in [-0.4, -0.2) is 33.7 Å². The minimum Gasteiger partial charge on any atom is -0.481 e. The summed E-state index contributed by atoms with van der Waals surface area (Å²) in [5.74, 6) is -0.901. The van der Waals surface area contributed by atoms with Gasteiger partial charge in [-0.15, -0.1) is 16.4 Å². The van der Waals surface area contributed by atoms with Crippen molar-refractivity contribution in [1.82, 2.24) is 19.9 Å². The van der Waals surface area contributed by atoms with Crippen LogP contribution >= 0.6 is 11.3 Å². The Hall–Kier alpha value is -3.33. The van der Waals surface area contributed by atoms with Crippen molar-refractivity contribution in [3.05, 3.63) is 71.2 Å². The molecule has 1 N–H and O–H groups in total. The number of benzene rings is 2. The SMILES string of the molecule is O=C(COc1ccccc1F)NCCc1csc2nc(-c3ccccc3F)nn12. The third-order valence-corrected chi connectivity index (χ3v) is 5.03. The van der Waals surface area contributed by atoms with Crippen molar-refractivity contribution in [2.75, 3.05) is 13.2 Å². The lowest BCUT2D eigenvalue weighted by atomic mass is 10.2. The maximum Gasteiger partial charge on any atom is 0.257 e. The standard InChI is InChI=1S/C20H16F2N4O2S/c21-15-6-2-1-5-14(15)19-24-20-26(25-19)13(12-29-20)9-10-23-18(27)11-28-17-8-4-3-7-16(17)22/h1-8,12H,9-11H2,(H,23,27). The molecule has 0 radical (unpaired) electrons. The summed E-state index contributed by atoms with van der Waals surface area (Å²) in [7, 11) is 0. The van der Waals surface area contributed by atoms with Gasteiger partial charge < -0.3 is 10.1 Å². The molecule has 0 saturated carbocycles. The summed E-state index contributed by atoms with van der Waals surface area (Å²) in [6.07, 6.45) is 0.505. The van der Waals surface area contributed by atoms with Crippen molar-refractivity contribution < 1.29 is 18.3 Å². The fraction of sp³-hybridized carbons (Fsp3) is 0.150. The molecule has 0 aliphatic rings. The van der Waals surface area contributed by atoms with E-state index in [9.17, 15) is 13.6 Å². The molecule has 0 fully saturated rings. The molecular formula is C20H16F2N4O2S. The molecule has 0 spiro atoms. The Bertz CT molecular complexity index is 1160. The molecule has 4 aromatic rings. The lowest BCUT2D eigenvalue weighted by Gasteiger charge is -2.07. The summed E-state index contributed by atoms with van der Waals surface area (Å²) in [5, 5.41) is 9.00. The normalized spacial score (nSPS) is 11.0. The number of hydrogen-bond donors (Lipinski definition) is 1. The molecule has 148 valence electrons. The molecule has 4 rings (SSSR count). The number of rotatable bonds is 7. The first-order chi connectivity index (χ1) is 14.1. The Balaban J connectivity index is 1.35. The maximum absolute atomic E-state index is 14.0. The number of carbonyl (C=O) groups is 1. The second-order valence-corrected chi connectivity index (χ2v) is 6.99. The van der Waals surface area contributed by atoms with Crippen LogP contribution in [0.15, 0.2) is 53.9 Å². The van der Waals surface area contributed by atoms with E-state index in [1.165, 1.54) is 29.5 Å². The summed E-state index contributed by atoms with van der Waals surface area (Å²) >= 11 is 1.39. The zero-order chi connectivity index (χ0) is 20.2. The minimum atomic E-state index is -0.516. The molecule has 2 aromatic carbocycles. The molecule has 2 heterocycles. The summed E-state index contributed by atoms with van der Waals surface area (Å²) in [6.45, 7) is 0.0704. The van der Waals surface area contributed by atoms with Gasteiger partial charge in [-0.3, -0.25) is 4.79 Å². The molecule has 6 nitrogen and oxygen atoms in total. The second-order valence-electron chi connectivity index (χ2n) is 6.16. The van der Waals surface area contributed by atoms with Crippen LogP contribution in [0.25, 0.3) is 16.3 Å². The highest BCUT2D eigenvalue weighted by molar-refractivity contribution is 7.15. The van der Waals surface area contributed by atoms with Crippen LogP contribution in [0, 0.1) is 11.6 Å². The molecule has 2 aromatic heterocycles. The van der Waals surface area contributed by atoms with E-state index in [0.29, 0.717) is 29.3 Å². The molecular weight excluding hydrogens is 398 g/mol. The van der Waals surface area contributed by atoms with Crippen molar-refractivity contribution in [2.45, 2.75) is 6.42 Å². The van der Waals surface area contributed by atoms with Gasteiger partial charge in [0.2, 0.25) is 4.96 Å². The van der Waals surface area contributed by atoms with E-state index in [4.69, 9.17) is 4.74 Å². The van der Waals surface area contributed by atoms with Gasteiger partial charge in [0.25, 0.3) is 5.91 Å². The first kappa shape index (κ1) is 19.0. The molecule has 0 aliphatic carbocycles. The topological polar surface area (TPSA) is 68.5 Å². The van der Waals surface area contributed by atoms with Crippen molar-refractivity contribution in [3.63, 3.8) is 0 Å². The highest BCUT2D eigenvalue weighted by atomic mass is 32.1. The van der Waals surface area contributed by atoms with Crippen LogP contribution in [0.4, 0.5) is 8.78 Å².